The van der Waals surface area contributed by atoms with Crippen molar-refractivity contribution < 1.29 is 13.6 Å². The second-order valence-electron chi connectivity index (χ2n) is 8.23. The van der Waals surface area contributed by atoms with Crippen LogP contribution < -0.4 is 10.5 Å². The lowest BCUT2D eigenvalue weighted by atomic mass is 9.86. The molecule has 0 bridgehead atoms. The molecule has 1 saturated carbocycles. The molecule has 2 aliphatic rings. The Morgan fingerprint density at radius 3 is 2.45 bits per heavy atom. The highest BCUT2D eigenvalue weighted by Gasteiger charge is 2.26. The smallest absolute Gasteiger partial charge is 0.292 e. The number of anilines is 1. The fraction of sp³-hybridized carbons (Fsp3) is 0.500. The maximum atomic E-state index is 14.1. The van der Waals surface area contributed by atoms with Crippen molar-refractivity contribution in [2.45, 2.75) is 38.5 Å². The maximum Gasteiger partial charge on any atom is 0.292 e. The molecule has 0 N–H and O–H groups in total. The number of benzene rings is 1. The highest BCUT2D eigenvalue weighted by atomic mass is 35.5. The fourth-order valence-electron chi connectivity index (χ4n) is 4.43. The van der Waals surface area contributed by atoms with E-state index >= 15 is 0 Å². The Morgan fingerprint density at radius 2 is 1.77 bits per heavy atom. The quantitative estimate of drug-likeness (QED) is 0.711. The Balaban J connectivity index is 1.43. The SMILES string of the molecule is O=C(CC1CCCCC1)N1CCN(c2cnn(-c3ccc(F)cc3F)c(=O)c2Cl)CC1. The van der Waals surface area contributed by atoms with E-state index in [1.54, 1.807) is 0 Å². The standard InChI is InChI=1S/C22H25ClF2N4O2/c23-21-19(14-26-29(22(21)31)18-7-6-16(24)13-17(18)25)27-8-10-28(11-9-27)20(30)12-15-4-2-1-3-5-15/h6-7,13-15H,1-5,8-12H2. The van der Waals surface area contributed by atoms with Gasteiger partial charge in [-0.2, -0.15) is 9.78 Å². The Morgan fingerprint density at radius 1 is 1.06 bits per heavy atom. The van der Waals surface area contributed by atoms with Crippen LogP contribution in [0.2, 0.25) is 5.02 Å². The molecule has 1 aromatic carbocycles. The van der Waals surface area contributed by atoms with Crippen molar-refractivity contribution in [1.29, 1.82) is 0 Å². The lowest BCUT2D eigenvalue weighted by Crippen LogP contribution is -2.49. The number of nitrogens with zero attached hydrogens (tertiary/aromatic N) is 4. The molecule has 1 aliphatic heterocycles. The highest BCUT2D eigenvalue weighted by Crippen LogP contribution is 2.28. The number of aromatic nitrogens is 2. The molecule has 0 unspecified atom stereocenters. The van der Waals surface area contributed by atoms with E-state index in [9.17, 15) is 18.4 Å². The first kappa shape index (κ1) is 21.7. The average Bonchev–Trinajstić information content (AvgIpc) is 2.77. The molecule has 9 heteroatoms. The molecule has 4 rings (SSSR count). The fourth-order valence-corrected chi connectivity index (χ4v) is 4.68. The van der Waals surface area contributed by atoms with Crippen LogP contribution in [0.3, 0.4) is 0 Å². The minimum absolute atomic E-state index is 0.0827. The third-order valence-electron chi connectivity index (χ3n) is 6.20. The summed E-state index contributed by atoms with van der Waals surface area (Å²) in [5.74, 6) is -0.952. The molecule has 0 atom stereocenters. The van der Waals surface area contributed by atoms with Crippen molar-refractivity contribution in [3.8, 4) is 5.69 Å². The summed E-state index contributed by atoms with van der Waals surface area (Å²) in [5, 5.41) is 3.96. The summed E-state index contributed by atoms with van der Waals surface area (Å²) in [5.41, 5.74) is -0.400. The highest BCUT2D eigenvalue weighted by molar-refractivity contribution is 6.33. The minimum Gasteiger partial charge on any atom is -0.365 e. The lowest BCUT2D eigenvalue weighted by Gasteiger charge is -2.37. The topological polar surface area (TPSA) is 58.4 Å². The zero-order valence-electron chi connectivity index (χ0n) is 17.2. The number of piperazine rings is 1. The van der Waals surface area contributed by atoms with Crippen LogP contribution in [0, 0.1) is 17.6 Å². The van der Waals surface area contributed by atoms with Gasteiger partial charge < -0.3 is 9.80 Å². The van der Waals surface area contributed by atoms with E-state index < -0.39 is 17.2 Å². The van der Waals surface area contributed by atoms with Crippen molar-refractivity contribution in [3.63, 3.8) is 0 Å². The average molecular weight is 451 g/mol. The van der Waals surface area contributed by atoms with Gasteiger partial charge in [0.2, 0.25) is 5.91 Å². The first-order valence-electron chi connectivity index (χ1n) is 10.7. The molecule has 166 valence electrons. The first-order chi connectivity index (χ1) is 14.9. The number of carbonyl (C=O) groups is 1. The molecule has 0 radical (unpaired) electrons. The predicted octanol–water partition coefficient (Wildman–Crippen LogP) is 3.78. The second-order valence-corrected chi connectivity index (χ2v) is 8.61. The summed E-state index contributed by atoms with van der Waals surface area (Å²) in [6.45, 7) is 2.17. The van der Waals surface area contributed by atoms with Gasteiger partial charge in [-0.15, -0.1) is 0 Å². The van der Waals surface area contributed by atoms with Crippen LogP contribution in [0.4, 0.5) is 14.5 Å². The van der Waals surface area contributed by atoms with E-state index in [0.29, 0.717) is 50.3 Å². The normalized spacial score (nSPS) is 17.8. The Kier molecular flexibility index (Phi) is 6.55. The molecule has 2 heterocycles. The van der Waals surface area contributed by atoms with E-state index in [0.717, 1.165) is 29.7 Å². The van der Waals surface area contributed by atoms with E-state index in [2.05, 4.69) is 5.10 Å². The van der Waals surface area contributed by atoms with Crippen LogP contribution in [-0.2, 0) is 4.79 Å². The Hall–Kier alpha value is -2.48. The van der Waals surface area contributed by atoms with Crippen LogP contribution in [0.5, 0.6) is 0 Å². The zero-order valence-corrected chi connectivity index (χ0v) is 18.0. The third kappa shape index (κ3) is 4.74. The molecular formula is C22H25ClF2N4O2. The third-order valence-corrected chi connectivity index (χ3v) is 6.55. The first-order valence-corrected chi connectivity index (χ1v) is 11.1. The van der Waals surface area contributed by atoms with Crippen molar-refractivity contribution in [3.05, 3.63) is 51.4 Å². The summed E-state index contributed by atoms with van der Waals surface area (Å²) in [6.07, 6.45) is 7.99. The second kappa shape index (κ2) is 9.34. The van der Waals surface area contributed by atoms with Gasteiger partial charge in [-0.25, -0.2) is 8.78 Å². The van der Waals surface area contributed by atoms with Crippen molar-refractivity contribution in [2.24, 2.45) is 5.92 Å². The zero-order chi connectivity index (χ0) is 22.0. The van der Waals surface area contributed by atoms with Crippen LogP contribution in [0.15, 0.2) is 29.2 Å². The van der Waals surface area contributed by atoms with Gasteiger partial charge in [-0.05, 0) is 30.9 Å². The summed E-state index contributed by atoms with van der Waals surface area (Å²) >= 11 is 6.30. The van der Waals surface area contributed by atoms with Gasteiger partial charge in [0, 0.05) is 38.7 Å². The Bertz CT molecular complexity index is 1020. The van der Waals surface area contributed by atoms with Gasteiger partial charge in [0.1, 0.15) is 16.5 Å². The predicted molar refractivity (Wildman–Crippen MR) is 115 cm³/mol. The molecule has 1 amide bonds. The monoisotopic (exact) mass is 450 g/mol. The van der Waals surface area contributed by atoms with Gasteiger partial charge in [-0.1, -0.05) is 30.9 Å². The van der Waals surface area contributed by atoms with Crippen molar-refractivity contribution >= 4 is 23.2 Å². The molecule has 31 heavy (non-hydrogen) atoms. The molecule has 2 fully saturated rings. The number of hydrogen-bond donors (Lipinski definition) is 0. The van der Waals surface area contributed by atoms with Crippen LogP contribution in [-0.4, -0.2) is 46.8 Å². The Labute approximate surface area is 184 Å². The summed E-state index contributed by atoms with van der Waals surface area (Å²) in [4.78, 5) is 29.1. The number of amides is 1. The van der Waals surface area contributed by atoms with Gasteiger partial charge >= 0.3 is 0 Å². The maximum absolute atomic E-state index is 14.1. The minimum atomic E-state index is -0.900. The summed E-state index contributed by atoms with van der Waals surface area (Å²) in [7, 11) is 0. The van der Waals surface area contributed by atoms with Gasteiger partial charge in [0.25, 0.3) is 5.56 Å². The van der Waals surface area contributed by atoms with Crippen molar-refractivity contribution in [2.75, 3.05) is 31.1 Å². The van der Waals surface area contributed by atoms with Crippen molar-refractivity contribution in [1.82, 2.24) is 14.7 Å². The number of carbonyl (C=O) groups excluding carboxylic acids is 1. The number of halogens is 3. The molecule has 0 spiro atoms. The molecule has 1 saturated heterocycles. The number of rotatable bonds is 4. The summed E-state index contributed by atoms with van der Waals surface area (Å²) < 4.78 is 28.0. The van der Waals surface area contributed by atoms with E-state index in [1.165, 1.54) is 25.5 Å². The van der Waals surface area contributed by atoms with E-state index in [1.807, 2.05) is 9.80 Å². The van der Waals surface area contributed by atoms with E-state index in [-0.39, 0.29) is 16.6 Å². The van der Waals surface area contributed by atoms with Gasteiger partial charge in [0.05, 0.1) is 11.9 Å². The van der Waals surface area contributed by atoms with Crippen LogP contribution in [0.1, 0.15) is 38.5 Å². The molecule has 6 nitrogen and oxygen atoms in total. The molecule has 1 aliphatic carbocycles. The molecule has 1 aromatic heterocycles. The van der Waals surface area contributed by atoms with Gasteiger partial charge in [0.15, 0.2) is 5.82 Å². The van der Waals surface area contributed by atoms with E-state index in [4.69, 9.17) is 11.6 Å². The molecule has 2 aromatic rings. The van der Waals surface area contributed by atoms with Gasteiger partial charge in [-0.3, -0.25) is 9.59 Å². The summed E-state index contributed by atoms with van der Waals surface area (Å²) in [6, 6.07) is 2.89. The largest absolute Gasteiger partial charge is 0.365 e. The van der Waals surface area contributed by atoms with Crippen LogP contribution >= 0.6 is 11.6 Å². The lowest BCUT2D eigenvalue weighted by molar-refractivity contribution is -0.132. The van der Waals surface area contributed by atoms with Crippen LogP contribution in [0.25, 0.3) is 5.69 Å². The molecular weight excluding hydrogens is 426 g/mol. The number of hydrogen-bond acceptors (Lipinski definition) is 4.